The highest BCUT2D eigenvalue weighted by atomic mass is 16.2. The van der Waals surface area contributed by atoms with Crippen molar-refractivity contribution in [3.05, 3.63) is 30.3 Å². The van der Waals surface area contributed by atoms with Crippen molar-refractivity contribution >= 4 is 17.5 Å². The van der Waals surface area contributed by atoms with Gasteiger partial charge in [-0.15, -0.1) is 0 Å². The van der Waals surface area contributed by atoms with Gasteiger partial charge in [-0.1, -0.05) is 25.1 Å². The number of anilines is 1. The molecule has 1 aromatic carbocycles. The maximum Gasteiger partial charge on any atom is 0.249 e. The van der Waals surface area contributed by atoms with Crippen molar-refractivity contribution in [2.75, 3.05) is 31.1 Å². The molecule has 2 heterocycles. The van der Waals surface area contributed by atoms with Gasteiger partial charge in [0.05, 0.1) is 0 Å². The van der Waals surface area contributed by atoms with Gasteiger partial charge < -0.3 is 15.1 Å². The quantitative estimate of drug-likeness (QED) is 0.852. The van der Waals surface area contributed by atoms with Gasteiger partial charge in [-0.25, -0.2) is 0 Å². The molecular weight excluding hydrogens is 326 g/mol. The SMILES string of the molecule is CCN(C(=O)CC(C)C1CCNCC1)C1CCN(c2ccccc2)C1=O. The number of carbonyl (C=O) groups excluding carboxylic acids is 2. The Morgan fingerprint density at radius 2 is 1.92 bits per heavy atom. The first-order valence-corrected chi connectivity index (χ1v) is 9.98. The average molecular weight is 357 g/mol. The fraction of sp³-hybridized carbons (Fsp3) is 0.619. The number of carbonyl (C=O) groups is 2. The third-order valence-electron chi connectivity index (χ3n) is 5.97. The number of likely N-dealkylation sites (N-methyl/N-ethyl adjacent to an activating group) is 1. The minimum atomic E-state index is -0.312. The van der Waals surface area contributed by atoms with Crippen LogP contribution in [0, 0.1) is 11.8 Å². The standard InChI is InChI=1S/C21H31N3O2/c1-3-23(20(25)15-16(2)17-9-12-22-13-10-17)19-11-14-24(21(19)26)18-7-5-4-6-8-18/h4-8,16-17,19,22H,3,9-15H2,1-2H3. The van der Waals surface area contributed by atoms with E-state index in [0.717, 1.165) is 38.0 Å². The zero-order chi connectivity index (χ0) is 18.5. The molecule has 1 N–H and O–H groups in total. The van der Waals surface area contributed by atoms with Gasteiger partial charge >= 0.3 is 0 Å². The summed E-state index contributed by atoms with van der Waals surface area (Å²) >= 11 is 0. The summed E-state index contributed by atoms with van der Waals surface area (Å²) in [6.45, 7) is 7.54. The monoisotopic (exact) mass is 357 g/mol. The van der Waals surface area contributed by atoms with Crippen LogP contribution >= 0.6 is 0 Å². The molecule has 0 aliphatic carbocycles. The molecule has 1 aromatic rings. The highest BCUT2D eigenvalue weighted by Gasteiger charge is 2.38. The maximum atomic E-state index is 12.9. The van der Waals surface area contributed by atoms with Crippen molar-refractivity contribution in [2.45, 2.75) is 45.6 Å². The zero-order valence-electron chi connectivity index (χ0n) is 16.0. The molecular formula is C21H31N3O2. The molecule has 0 spiro atoms. The number of rotatable bonds is 6. The number of hydrogen-bond donors (Lipinski definition) is 1. The molecule has 2 aliphatic heterocycles. The molecule has 2 amide bonds. The largest absolute Gasteiger partial charge is 0.331 e. The Balaban J connectivity index is 1.62. The summed E-state index contributed by atoms with van der Waals surface area (Å²) in [5, 5.41) is 3.38. The van der Waals surface area contributed by atoms with Crippen molar-refractivity contribution in [2.24, 2.45) is 11.8 Å². The van der Waals surface area contributed by atoms with E-state index in [4.69, 9.17) is 0 Å². The number of amides is 2. The molecule has 2 fully saturated rings. The van der Waals surface area contributed by atoms with Gasteiger partial charge in [-0.2, -0.15) is 0 Å². The second-order valence-corrected chi connectivity index (χ2v) is 7.58. The van der Waals surface area contributed by atoms with Crippen LogP contribution in [-0.2, 0) is 9.59 Å². The molecule has 3 rings (SSSR count). The number of benzene rings is 1. The predicted octanol–water partition coefficient (Wildman–Crippen LogP) is 2.67. The molecule has 0 radical (unpaired) electrons. The topological polar surface area (TPSA) is 52.7 Å². The maximum absolute atomic E-state index is 12.9. The van der Waals surface area contributed by atoms with Crippen LogP contribution in [-0.4, -0.2) is 48.9 Å². The number of para-hydroxylation sites is 1. The lowest BCUT2D eigenvalue weighted by atomic mass is 9.84. The normalized spacial score (nSPS) is 22.5. The fourth-order valence-corrected chi connectivity index (χ4v) is 4.36. The Bertz CT molecular complexity index is 613. The van der Waals surface area contributed by atoms with Crippen molar-refractivity contribution in [3.63, 3.8) is 0 Å². The van der Waals surface area contributed by atoms with Gasteiger partial charge in [0.15, 0.2) is 0 Å². The van der Waals surface area contributed by atoms with E-state index < -0.39 is 0 Å². The third-order valence-corrected chi connectivity index (χ3v) is 5.97. The van der Waals surface area contributed by atoms with Gasteiger partial charge in [0.2, 0.25) is 11.8 Å². The Kier molecular flexibility index (Phi) is 6.30. The Morgan fingerprint density at radius 3 is 2.58 bits per heavy atom. The number of hydrogen-bond acceptors (Lipinski definition) is 3. The van der Waals surface area contributed by atoms with Crippen LogP contribution in [0.5, 0.6) is 0 Å². The van der Waals surface area contributed by atoms with Crippen LogP contribution in [0.3, 0.4) is 0 Å². The summed E-state index contributed by atoms with van der Waals surface area (Å²) in [5.41, 5.74) is 0.923. The van der Waals surface area contributed by atoms with Crippen LogP contribution in [0.4, 0.5) is 5.69 Å². The molecule has 0 aromatic heterocycles. The van der Waals surface area contributed by atoms with E-state index in [1.807, 2.05) is 47.1 Å². The number of piperidine rings is 1. The molecule has 5 heteroatoms. The second kappa shape index (κ2) is 8.67. The van der Waals surface area contributed by atoms with E-state index in [9.17, 15) is 9.59 Å². The molecule has 26 heavy (non-hydrogen) atoms. The summed E-state index contributed by atoms with van der Waals surface area (Å²) < 4.78 is 0. The Hall–Kier alpha value is -1.88. The average Bonchev–Trinajstić information content (AvgIpc) is 3.05. The van der Waals surface area contributed by atoms with Crippen LogP contribution in [0.2, 0.25) is 0 Å². The van der Waals surface area contributed by atoms with E-state index in [1.165, 1.54) is 0 Å². The summed E-state index contributed by atoms with van der Waals surface area (Å²) in [7, 11) is 0. The molecule has 2 unspecified atom stereocenters. The first kappa shape index (κ1) is 18.9. The predicted molar refractivity (Wildman–Crippen MR) is 104 cm³/mol. The van der Waals surface area contributed by atoms with Crippen molar-refractivity contribution in [3.8, 4) is 0 Å². The number of nitrogens with one attached hydrogen (secondary N) is 1. The van der Waals surface area contributed by atoms with Crippen LogP contribution in [0.15, 0.2) is 30.3 Å². The van der Waals surface area contributed by atoms with E-state index in [1.54, 1.807) is 0 Å². The Morgan fingerprint density at radius 1 is 1.23 bits per heavy atom. The molecule has 0 bridgehead atoms. The fourth-order valence-electron chi connectivity index (χ4n) is 4.36. The van der Waals surface area contributed by atoms with Gasteiger partial charge in [-0.3, -0.25) is 9.59 Å². The van der Waals surface area contributed by atoms with Gasteiger partial charge in [-0.05, 0) is 63.2 Å². The summed E-state index contributed by atoms with van der Waals surface area (Å²) in [4.78, 5) is 29.5. The molecule has 2 atom stereocenters. The van der Waals surface area contributed by atoms with Crippen LogP contribution in [0.25, 0.3) is 0 Å². The molecule has 5 nitrogen and oxygen atoms in total. The highest BCUT2D eigenvalue weighted by Crippen LogP contribution is 2.28. The Labute approximate surface area is 156 Å². The van der Waals surface area contributed by atoms with Crippen molar-refractivity contribution in [1.82, 2.24) is 10.2 Å². The van der Waals surface area contributed by atoms with E-state index in [0.29, 0.717) is 31.3 Å². The molecule has 2 aliphatic rings. The number of nitrogens with zero attached hydrogens (tertiary/aromatic N) is 2. The molecule has 0 saturated carbocycles. The van der Waals surface area contributed by atoms with Gasteiger partial charge in [0.25, 0.3) is 0 Å². The van der Waals surface area contributed by atoms with Crippen molar-refractivity contribution < 1.29 is 9.59 Å². The highest BCUT2D eigenvalue weighted by molar-refractivity contribution is 6.01. The van der Waals surface area contributed by atoms with E-state index in [2.05, 4.69) is 12.2 Å². The van der Waals surface area contributed by atoms with Crippen LogP contribution in [0.1, 0.15) is 39.5 Å². The lowest BCUT2D eigenvalue weighted by Gasteiger charge is -2.31. The van der Waals surface area contributed by atoms with Gasteiger partial charge in [0.1, 0.15) is 6.04 Å². The third kappa shape index (κ3) is 4.09. The first-order valence-electron chi connectivity index (χ1n) is 9.98. The second-order valence-electron chi connectivity index (χ2n) is 7.58. The van der Waals surface area contributed by atoms with E-state index >= 15 is 0 Å². The summed E-state index contributed by atoms with van der Waals surface area (Å²) in [6.07, 6.45) is 3.55. The van der Waals surface area contributed by atoms with Gasteiger partial charge in [0, 0.05) is 25.2 Å². The summed E-state index contributed by atoms with van der Waals surface area (Å²) in [5.74, 6) is 1.17. The minimum absolute atomic E-state index is 0.0564. The van der Waals surface area contributed by atoms with Crippen LogP contribution < -0.4 is 10.2 Å². The summed E-state index contributed by atoms with van der Waals surface area (Å²) in [6, 6.07) is 9.44. The minimum Gasteiger partial charge on any atom is -0.331 e. The zero-order valence-corrected chi connectivity index (χ0v) is 16.0. The van der Waals surface area contributed by atoms with Crippen molar-refractivity contribution in [1.29, 1.82) is 0 Å². The molecule has 142 valence electrons. The molecule has 2 saturated heterocycles. The lowest BCUT2D eigenvalue weighted by Crippen LogP contribution is -2.46. The lowest BCUT2D eigenvalue weighted by molar-refractivity contribution is -0.139. The first-order chi connectivity index (χ1) is 12.6. The van der Waals surface area contributed by atoms with E-state index in [-0.39, 0.29) is 17.9 Å². The smallest absolute Gasteiger partial charge is 0.249 e.